The topological polar surface area (TPSA) is 80.7 Å². The predicted octanol–water partition coefficient (Wildman–Crippen LogP) is 4.93. The summed E-state index contributed by atoms with van der Waals surface area (Å²) in [6.45, 7) is 7.33. The smallest absolute Gasteiger partial charge is 0.271 e. The van der Waals surface area contributed by atoms with Gasteiger partial charge in [-0.1, -0.05) is 17.7 Å². The van der Waals surface area contributed by atoms with Crippen LogP contribution in [0.4, 0.5) is 5.69 Å². The Bertz CT molecular complexity index is 970. The third-order valence-corrected chi connectivity index (χ3v) is 6.94. The van der Waals surface area contributed by atoms with Gasteiger partial charge in [-0.2, -0.15) is 5.10 Å². The number of carbonyl (C=O) groups excluding carboxylic acids is 1. The fourth-order valence-electron chi connectivity index (χ4n) is 4.68. The highest BCUT2D eigenvalue weighted by Crippen LogP contribution is 2.32. The summed E-state index contributed by atoms with van der Waals surface area (Å²) in [7, 11) is 0. The molecule has 2 aromatic rings. The summed E-state index contributed by atoms with van der Waals surface area (Å²) in [6, 6.07) is 7.35. The molecule has 1 heterocycles. The van der Waals surface area contributed by atoms with E-state index < -0.39 is 0 Å². The van der Waals surface area contributed by atoms with E-state index in [4.69, 9.17) is 22.9 Å². The molecule has 0 radical (unpaired) electrons. The van der Waals surface area contributed by atoms with E-state index in [2.05, 4.69) is 15.3 Å². The quantitative estimate of drug-likeness (QED) is 0.604. The molecular formula is C24H29ClN4O3. The van der Waals surface area contributed by atoms with Gasteiger partial charge in [0, 0.05) is 18.8 Å². The van der Waals surface area contributed by atoms with Crippen LogP contribution in [0.2, 0.25) is 5.02 Å². The Balaban J connectivity index is 1.24. The van der Waals surface area contributed by atoms with Gasteiger partial charge in [0.05, 0.1) is 23.7 Å². The highest BCUT2D eigenvalue weighted by atomic mass is 35.5. The minimum Gasteiger partial charge on any atom is -0.490 e. The van der Waals surface area contributed by atoms with E-state index >= 15 is 0 Å². The van der Waals surface area contributed by atoms with Crippen LogP contribution in [0.25, 0.3) is 4.85 Å². The zero-order valence-electron chi connectivity index (χ0n) is 18.0. The summed E-state index contributed by atoms with van der Waals surface area (Å²) in [5, 5.41) is 17.4. The van der Waals surface area contributed by atoms with Crippen molar-refractivity contribution < 1.29 is 14.6 Å². The predicted molar refractivity (Wildman–Crippen MR) is 122 cm³/mol. The molecule has 2 saturated carbocycles. The van der Waals surface area contributed by atoms with Crippen LogP contribution in [0, 0.1) is 12.5 Å². The molecule has 7 nitrogen and oxygen atoms in total. The summed E-state index contributed by atoms with van der Waals surface area (Å²) >= 11 is 6.09. The number of aromatic nitrogens is 2. The zero-order chi connectivity index (χ0) is 22.5. The molecule has 0 bridgehead atoms. The van der Waals surface area contributed by atoms with Crippen molar-refractivity contribution in [2.75, 3.05) is 6.61 Å². The number of halogens is 1. The maximum absolute atomic E-state index is 12.7. The second-order valence-corrected chi connectivity index (χ2v) is 9.24. The maximum atomic E-state index is 12.7. The third kappa shape index (κ3) is 5.43. The third-order valence-electron chi connectivity index (χ3n) is 6.64. The fourth-order valence-corrected chi connectivity index (χ4v) is 4.90. The number of nitrogens with one attached hydrogen (secondary N) is 1. The van der Waals surface area contributed by atoms with Crippen LogP contribution in [0.3, 0.4) is 0 Å². The first-order chi connectivity index (χ1) is 15.6. The molecule has 1 aromatic carbocycles. The Morgan fingerprint density at radius 1 is 1.19 bits per heavy atom. The van der Waals surface area contributed by atoms with Crippen LogP contribution < -0.4 is 10.1 Å². The van der Waals surface area contributed by atoms with Crippen LogP contribution >= 0.6 is 11.6 Å². The molecule has 0 unspecified atom stereocenters. The first-order valence-electron chi connectivity index (χ1n) is 11.4. The van der Waals surface area contributed by atoms with E-state index in [0.717, 1.165) is 51.4 Å². The molecule has 2 fully saturated rings. The Morgan fingerprint density at radius 2 is 1.94 bits per heavy atom. The van der Waals surface area contributed by atoms with Crippen LogP contribution in [0.15, 0.2) is 30.5 Å². The summed E-state index contributed by atoms with van der Waals surface area (Å²) in [5.41, 5.74) is 0.882. The number of aliphatic hydroxyl groups is 1. The maximum Gasteiger partial charge on any atom is 0.271 e. The number of hydrogen-bond donors (Lipinski definition) is 2. The van der Waals surface area contributed by atoms with Gasteiger partial charge in [0.1, 0.15) is 11.4 Å². The van der Waals surface area contributed by atoms with Gasteiger partial charge >= 0.3 is 0 Å². The largest absolute Gasteiger partial charge is 0.490 e. The Hall–Kier alpha value is -2.56. The molecule has 2 N–H and O–H groups in total. The molecule has 0 atom stereocenters. The van der Waals surface area contributed by atoms with Gasteiger partial charge in [-0.25, -0.2) is 4.85 Å². The van der Waals surface area contributed by atoms with Crippen molar-refractivity contribution in [1.29, 1.82) is 0 Å². The molecule has 0 spiro atoms. The minimum atomic E-state index is -0.126. The zero-order valence-corrected chi connectivity index (χ0v) is 18.8. The number of rotatable bonds is 6. The number of amides is 1. The summed E-state index contributed by atoms with van der Waals surface area (Å²) < 4.78 is 7.94. The van der Waals surface area contributed by atoms with Crippen molar-refractivity contribution in [1.82, 2.24) is 15.1 Å². The monoisotopic (exact) mass is 456 g/mol. The van der Waals surface area contributed by atoms with Crippen molar-refractivity contribution in [2.45, 2.75) is 69.6 Å². The van der Waals surface area contributed by atoms with Crippen molar-refractivity contribution in [2.24, 2.45) is 5.92 Å². The second kappa shape index (κ2) is 10.4. The molecule has 170 valence electrons. The molecule has 1 aromatic heterocycles. The highest BCUT2D eigenvalue weighted by molar-refractivity contribution is 6.33. The lowest BCUT2D eigenvalue weighted by Crippen LogP contribution is -2.40. The van der Waals surface area contributed by atoms with E-state index in [0.29, 0.717) is 34.1 Å². The van der Waals surface area contributed by atoms with Gasteiger partial charge in [0.25, 0.3) is 5.91 Å². The van der Waals surface area contributed by atoms with Gasteiger partial charge in [-0.05, 0) is 75.5 Å². The first-order valence-corrected chi connectivity index (χ1v) is 11.7. The van der Waals surface area contributed by atoms with Crippen molar-refractivity contribution in [3.05, 3.63) is 52.6 Å². The average Bonchev–Trinajstić information content (AvgIpc) is 3.31. The number of nitrogens with zero attached hydrogens (tertiary/aromatic N) is 3. The number of ether oxygens (including phenoxy) is 1. The molecular weight excluding hydrogens is 428 g/mol. The van der Waals surface area contributed by atoms with E-state index in [1.54, 1.807) is 24.3 Å². The Kier molecular flexibility index (Phi) is 7.33. The minimum absolute atomic E-state index is 0.0752. The van der Waals surface area contributed by atoms with Crippen LogP contribution in [-0.2, 0) is 0 Å². The van der Waals surface area contributed by atoms with Crippen molar-refractivity contribution in [3.63, 3.8) is 0 Å². The molecule has 0 aliphatic heterocycles. The Morgan fingerprint density at radius 3 is 2.59 bits per heavy atom. The Labute approximate surface area is 193 Å². The van der Waals surface area contributed by atoms with Gasteiger partial charge in [-0.15, -0.1) is 0 Å². The molecule has 8 heteroatoms. The van der Waals surface area contributed by atoms with Gasteiger partial charge < -0.3 is 15.2 Å². The molecule has 2 aliphatic rings. The molecule has 0 saturated heterocycles. The fraction of sp³-hybridized carbons (Fsp3) is 0.542. The number of benzene rings is 1. The first kappa shape index (κ1) is 22.6. The summed E-state index contributed by atoms with van der Waals surface area (Å²) in [4.78, 5) is 16.0. The van der Waals surface area contributed by atoms with Crippen molar-refractivity contribution >= 4 is 23.2 Å². The van der Waals surface area contributed by atoms with Gasteiger partial charge in [-0.3, -0.25) is 9.48 Å². The summed E-state index contributed by atoms with van der Waals surface area (Å²) in [5.74, 6) is 0.950. The number of hydrogen-bond acceptors (Lipinski definition) is 4. The second-order valence-electron chi connectivity index (χ2n) is 8.83. The average molecular weight is 457 g/mol. The van der Waals surface area contributed by atoms with Gasteiger partial charge in [0.2, 0.25) is 5.69 Å². The SMILES string of the molecule is [C-]#[N+]c1ccc(OC2CCC(NC(=O)c3ccn(C4CCC(CO)CC4)n3)CC2)cc1Cl. The molecule has 32 heavy (non-hydrogen) atoms. The lowest BCUT2D eigenvalue weighted by molar-refractivity contribution is 0.0887. The van der Waals surface area contributed by atoms with E-state index in [-0.39, 0.29) is 24.7 Å². The van der Waals surface area contributed by atoms with Crippen LogP contribution in [-0.4, -0.2) is 39.5 Å². The highest BCUT2D eigenvalue weighted by Gasteiger charge is 2.26. The standard InChI is InChI=1S/C24H29ClN4O3/c1-26-22-11-10-20(14-21(22)25)32-19-8-4-17(5-9-19)27-24(31)23-12-13-29(28-23)18-6-2-16(15-30)3-7-18/h10-14,16-19,30H,2-9,15H2,(H,27,31). The normalized spacial score (nSPS) is 25.7. The number of carbonyl (C=O) groups is 1. The van der Waals surface area contributed by atoms with Crippen molar-refractivity contribution in [3.8, 4) is 5.75 Å². The molecule has 2 aliphatic carbocycles. The van der Waals surface area contributed by atoms with Crippen LogP contribution in [0.1, 0.15) is 67.9 Å². The molecule has 4 rings (SSSR count). The van der Waals surface area contributed by atoms with E-state index in [1.807, 2.05) is 10.9 Å². The summed E-state index contributed by atoms with van der Waals surface area (Å²) in [6.07, 6.45) is 9.33. The van der Waals surface area contributed by atoms with Crippen LogP contribution in [0.5, 0.6) is 5.75 Å². The number of aliphatic hydroxyl groups excluding tert-OH is 1. The van der Waals surface area contributed by atoms with E-state index in [9.17, 15) is 9.90 Å². The van der Waals surface area contributed by atoms with E-state index in [1.165, 1.54) is 0 Å². The molecule has 1 amide bonds. The lowest BCUT2D eigenvalue weighted by atomic mass is 9.87. The van der Waals surface area contributed by atoms with Gasteiger partial charge in [0.15, 0.2) is 0 Å². The lowest BCUT2D eigenvalue weighted by Gasteiger charge is -2.29.